The van der Waals surface area contributed by atoms with Crippen molar-refractivity contribution in [1.82, 2.24) is 15.2 Å². The molecule has 2 rings (SSSR count). The first-order valence-corrected chi connectivity index (χ1v) is 9.75. The second kappa shape index (κ2) is 8.32. The standard InChI is InChI=1S/C19H23N3O4S/c1-13-8-10-16(11-9-13)27(25,26)22(4)12-18(23)20-21-19(24)17-7-5-6-14(2)15(17)3/h5-11H,12H2,1-4H3,(H,20,23)(H,21,24). The summed E-state index contributed by atoms with van der Waals surface area (Å²) in [6, 6.07) is 11.6. The van der Waals surface area contributed by atoms with E-state index in [1.54, 1.807) is 24.3 Å². The fourth-order valence-electron chi connectivity index (χ4n) is 2.41. The third kappa shape index (κ3) is 4.93. The Labute approximate surface area is 159 Å². The molecule has 0 fully saturated rings. The fourth-order valence-corrected chi connectivity index (χ4v) is 3.53. The molecule has 0 radical (unpaired) electrons. The molecule has 144 valence electrons. The number of hydrazine groups is 1. The summed E-state index contributed by atoms with van der Waals surface area (Å²) in [6.45, 7) is 5.12. The van der Waals surface area contributed by atoms with Gasteiger partial charge in [-0.15, -0.1) is 0 Å². The number of carbonyl (C=O) groups is 2. The molecule has 2 amide bonds. The fraction of sp³-hybridized carbons (Fsp3) is 0.263. The Morgan fingerprint density at radius 1 is 0.963 bits per heavy atom. The Morgan fingerprint density at radius 2 is 1.59 bits per heavy atom. The molecule has 2 aromatic rings. The van der Waals surface area contributed by atoms with Crippen molar-refractivity contribution in [3.05, 3.63) is 64.7 Å². The number of hydrogen-bond donors (Lipinski definition) is 2. The maximum absolute atomic E-state index is 12.5. The number of carbonyl (C=O) groups excluding carboxylic acids is 2. The van der Waals surface area contributed by atoms with Crippen LogP contribution in [-0.4, -0.2) is 38.1 Å². The average molecular weight is 389 g/mol. The first-order chi connectivity index (χ1) is 12.6. The van der Waals surface area contributed by atoms with Gasteiger partial charge in [-0.3, -0.25) is 20.4 Å². The van der Waals surface area contributed by atoms with E-state index in [4.69, 9.17) is 0 Å². The predicted molar refractivity (Wildman–Crippen MR) is 103 cm³/mol. The molecule has 0 aliphatic carbocycles. The maximum atomic E-state index is 12.5. The molecule has 0 saturated carbocycles. The van der Waals surface area contributed by atoms with Crippen molar-refractivity contribution in [3.63, 3.8) is 0 Å². The summed E-state index contributed by atoms with van der Waals surface area (Å²) in [7, 11) is -2.49. The van der Waals surface area contributed by atoms with Crippen molar-refractivity contribution in [1.29, 1.82) is 0 Å². The summed E-state index contributed by atoms with van der Waals surface area (Å²) < 4.78 is 25.9. The predicted octanol–water partition coefficient (Wildman–Crippen LogP) is 1.69. The van der Waals surface area contributed by atoms with E-state index < -0.39 is 28.4 Å². The lowest BCUT2D eigenvalue weighted by Crippen LogP contribution is -2.46. The Kier molecular flexibility index (Phi) is 6.35. The molecule has 27 heavy (non-hydrogen) atoms. The largest absolute Gasteiger partial charge is 0.272 e. The topological polar surface area (TPSA) is 95.6 Å². The molecule has 0 saturated heterocycles. The molecule has 0 aliphatic heterocycles. The monoisotopic (exact) mass is 389 g/mol. The van der Waals surface area contributed by atoms with Gasteiger partial charge >= 0.3 is 0 Å². The van der Waals surface area contributed by atoms with Crippen LogP contribution in [0.4, 0.5) is 0 Å². The van der Waals surface area contributed by atoms with Crippen LogP contribution in [0.25, 0.3) is 0 Å². The maximum Gasteiger partial charge on any atom is 0.269 e. The minimum absolute atomic E-state index is 0.0998. The first kappa shape index (κ1) is 20.6. The summed E-state index contributed by atoms with van der Waals surface area (Å²) in [4.78, 5) is 24.3. The van der Waals surface area contributed by atoms with Crippen LogP contribution in [0.2, 0.25) is 0 Å². The first-order valence-electron chi connectivity index (χ1n) is 8.31. The summed E-state index contributed by atoms with van der Waals surface area (Å²) in [6.07, 6.45) is 0. The number of nitrogens with one attached hydrogen (secondary N) is 2. The van der Waals surface area contributed by atoms with Crippen molar-refractivity contribution in [2.24, 2.45) is 0 Å². The Bertz CT molecular complexity index is 953. The number of sulfonamides is 1. The average Bonchev–Trinajstić information content (AvgIpc) is 2.62. The smallest absolute Gasteiger partial charge is 0.269 e. The van der Waals surface area contributed by atoms with Crippen LogP contribution in [0.3, 0.4) is 0 Å². The second-order valence-electron chi connectivity index (χ2n) is 6.32. The number of aryl methyl sites for hydroxylation is 2. The van der Waals surface area contributed by atoms with Crippen LogP contribution in [0.1, 0.15) is 27.0 Å². The SMILES string of the molecule is Cc1ccc(S(=O)(=O)N(C)CC(=O)NNC(=O)c2cccc(C)c2C)cc1. The number of benzene rings is 2. The molecule has 0 unspecified atom stereocenters. The van der Waals surface area contributed by atoms with Gasteiger partial charge in [0.15, 0.2) is 0 Å². The van der Waals surface area contributed by atoms with Crippen molar-refractivity contribution >= 4 is 21.8 Å². The molecule has 0 atom stereocenters. The van der Waals surface area contributed by atoms with E-state index in [2.05, 4.69) is 10.9 Å². The Balaban J connectivity index is 1.97. The molecule has 2 aromatic carbocycles. The number of rotatable bonds is 5. The number of likely N-dealkylation sites (N-methyl/N-ethyl adjacent to an activating group) is 1. The van der Waals surface area contributed by atoms with Crippen LogP contribution in [0, 0.1) is 20.8 Å². The quantitative estimate of drug-likeness (QED) is 0.761. The third-order valence-electron chi connectivity index (χ3n) is 4.26. The minimum Gasteiger partial charge on any atom is -0.272 e. The third-order valence-corrected chi connectivity index (χ3v) is 6.08. The summed E-state index contributed by atoms with van der Waals surface area (Å²) in [5.74, 6) is -1.11. The lowest BCUT2D eigenvalue weighted by molar-refractivity contribution is -0.121. The summed E-state index contributed by atoms with van der Waals surface area (Å²) >= 11 is 0. The zero-order valence-electron chi connectivity index (χ0n) is 15.7. The van der Waals surface area contributed by atoms with Crippen molar-refractivity contribution in [2.75, 3.05) is 13.6 Å². The molecular formula is C19H23N3O4S. The zero-order chi connectivity index (χ0) is 20.2. The lowest BCUT2D eigenvalue weighted by atomic mass is 10.0. The molecule has 0 bridgehead atoms. The van der Waals surface area contributed by atoms with Crippen molar-refractivity contribution < 1.29 is 18.0 Å². The van der Waals surface area contributed by atoms with Crippen LogP contribution < -0.4 is 10.9 Å². The molecule has 0 heterocycles. The van der Waals surface area contributed by atoms with Crippen LogP contribution >= 0.6 is 0 Å². The normalized spacial score (nSPS) is 11.3. The van der Waals surface area contributed by atoms with Gasteiger partial charge in [-0.25, -0.2) is 8.42 Å². The van der Waals surface area contributed by atoms with Gasteiger partial charge in [0.05, 0.1) is 11.4 Å². The van der Waals surface area contributed by atoms with Crippen LogP contribution in [-0.2, 0) is 14.8 Å². The minimum atomic E-state index is -3.79. The molecule has 0 aromatic heterocycles. The molecular weight excluding hydrogens is 366 g/mol. The highest BCUT2D eigenvalue weighted by Gasteiger charge is 2.23. The molecule has 2 N–H and O–H groups in total. The Hall–Kier alpha value is -2.71. The van der Waals surface area contributed by atoms with E-state index in [9.17, 15) is 18.0 Å². The number of nitrogens with zero attached hydrogens (tertiary/aromatic N) is 1. The van der Waals surface area contributed by atoms with Crippen LogP contribution in [0.15, 0.2) is 47.4 Å². The number of hydrogen-bond acceptors (Lipinski definition) is 4. The van der Waals surface area contributed by atoms with E-state index >= 15 is 0 Å². The van der Waals surface area contributed by atoms with E-state index in [1.807, 2.05) is 26.8 Å². The zero-order valence-corrected chi connectivity index (χ0v) is 16.6. The van der Waals surface area contributed by atoms with Crippen molar-refractivity contribution in [2.45, 2.75) is 25.7 Å². The highest BCUT2D eigenvalue weighted by Crippen LogP contribution is 2.15. The van der Waals surface area contributed by atoms with E-state index in [1.165, 1.54) is 19.2 Å². The van der Waals surface area contributed by atoms with Gasteiger partial charge in [-0.1, -0.05) is 29.8 Å². The van der Waals surface area contributed by atoms with Gasteiger partial charge in [-0.05, 0) is 50.1 Å². The van der Waals surface area contributed by atoms with E-state index in [-0.39, 0.29) is 4.90 Å². The lowest BCUT2D eigenvalue weighted by Gasteiger charge is -2.17. The highest BCUT2D eigenvalue weighted by atomic mass is 32.2. The Morgan fingerprint density at radius 3 is 2.22 bits per heavy atom. The molecule has 7 nitrogen and oxygen atoms in total. The second-order valence-corrected chi connectivity index (χ2v) is 8.37. The van der Waals surface area contributed by atoms with E-state index in [0.29, 0.717) is 5.56 Å². The van der Waals surface area contributed by atoms with Gasteiger partial charge < -0.3 is 0 Å². The summed E-state index contributed by atoms with van der Waals surface area (Å²) in [5, 5.41) is 0. The molecule has 8 heteroatoms. The van der Waals surface area contributed by atoms with Gasteiger partial charge in [0, 0.05) is 12.6 Å². The van der Waals surface area contributed by atoms with Crippen LogP contribution in [0.5, 0.6) is 0 Å². The van der Waals surface area contributed by atoms with Gasteiger partial charge in [0.25, 0.3) is 11.8 Å². The van der Waals surface area contributed by atoms with Gasteiger partial charge in [-0.2, -0.15) is 4.31 Å². The van der Waals surface area contributed by atoms with E-state index in [0.717, 1.165) is 21.0 Å². The van der Waals surface area contributed by atoms with Gasteiger partial charge in [0.2, 0.25) is 10.0 Å². The van der Waals surface area contributed by atoms with Gasteiger partial charge in [0.1, 0.15) is 0 Å². The highest BCUT2D eigenvalue weighted by molar-refractivity contribution is 7.89. The molecule has 0 spiro atoms. The number of amides is 2. The molecule has 0 aliphatic rings. The van der Waals surface area contributed by atoms with Crippen molar-refractivity contribution in [3.8, 4) is 0 Å². The summed E-state index contributed by atoms with van der Waals surface area (Å²) in [5.41, 5.74) is 7.70.